The minimum Gasteiger partial charge on any atom is -0.352 e. The third-order valence-electron chi connectivity index (χ3n) is 5.73. The zero-order valence-electron chi connectivity index (χ0n) is 17.9. The van der Waals surface area contributed by atoms with Gasteiger partial charge in [0.15, 0.2) is 0 Å². The first-order chi connectivity index (χ1) is 15.1. The van der Waals surface area contributed by atoms with E-state index in [1.807, 2.05) is 30.3 Å². The quantitative estimate of drug-likeness (QED) is 0.568. The fourth-order valence-corrected chi connectivity index (χ4v) is 3.98. The van der Waals surface area contributed by atoms with Crippen LogP contribution in [0.3, 0.4) is 0 Å². The van der Waals surface area contributed by atoms with E-state index < -0.39 is 11.8 Å². The van der Waals surface area contributed by atoms with Gasteiger partial charge in [-0.05, 0) is 36.5 Å². The Bertz CT molecular complexity index is 877. The second-order valence-corrected chi connectivity index (χ2v) is 8.04. The molecule has 3 amide bonds. The first kappa shape index (κ1) is 22.5. The second kappa shape index (κ2) is 11.9. The van der Waals surface area contributed by atoms with Gasteiger partial charge in [-0.2, -0.15) is 0 Å². The van der Waals surface area contributed by atoms with Crippen LogP contribution in [0.4, 0.5) is 5.69 Å². The minimum atomic E-state index is -0.756. The summed E-state index contributed by atoms with van der Waals surface area (Å²) in [5, 5.41) is 8.15. The van der Waals surface area contributed by atoms with Gasteiger partial charge in [0.2, 0.25) is 0 Å². The van der Waals surface area contributed by atoms with E-state index in [4.69, 9.17) is 0 Å². The number of hydrogen-bond donors (Lipinski definition) is 3. The number of nitrogens with one attached hydrogen (secondary N) is 3. The van der Waals surface area contributed by atoms with Gasteiger partial charge in [-0.3, -0.25) is 14.4 Å². The van der Waals surface area contributed by atoms with Crippen molar-refractivity contribution in [1.82, 2.24) is 10.6 Å². The number of carbonyl (C=O) groups is 3. The van der Waals surface area contributed by atoms with Gasteiger partial charge in [0.25, 0.3) is 5.91 Å². The molecule has 6 heteroatoms. The first-order valence-corrected chi connectivity index (χ1v) is 11.1. The number of anilines is 1. The molecule has 0 spiro atoms. The highest BCUT2D eigenvalue weighted by atomic mass is 16.2. The zero-order valence-corrected chi connectivity index (χ0v) is 17.9. The van der Waals surface area contributed by atoms with Crippen LogP contribution < -0.4 is 16.0 Å². The van der Waals surface area contributed by atoms with Gasteiger partial charge in [-0.15, -0.1) is 0 Å². The summed E-state index contributed by atoms with van der Waals surface area (Å²) in [6.45, 7) is 0.977. The molecule has 164 valence electrons. The van der Waals surface area contributed by atoms with Crippen molar-refractivity contribution in [2.75, 3.05) is 18.4 Å². The molecule has 0 saturated heterocycles. The topological polar surface area (TPSA) is 87.3 Å². The maximum absolute atomic E-state index is 12.6. The van der Waals surface area contributed by atoms with Crippen molar-refractivity contribution >= 4 is 23.4 Å². The van der Waals surface area contributed by atoms with E-state index in [-0.39, 0.29) is 5.91 Å². The van der Waals surface area contributed by atoms with Gasteiger partial charge in [0, 0.05) is 13.1 Å². The summed E-state index contributed by atoms with van der Waals surface area (Å²) in [7, 11) is 0. The van der Waals surface area contributed by atoms with Crippen LogP contribution in [0.1, 0.15) is 54.4 Å². The Labute approximate surface area is 183 Å². The molecule has 1 aliphatic carbocycles. The Morgan fingerprint density at radius 3 is 2.26 bits per heavy atom. The summed E-state index contributed by atoms with van der Waals surface area (Å²) in [6.07, 6.45) is 7.82. The summed E-state index contributed by atoms with van der Waals surface area (Å²) in [4.78, 5) is 37.1. The first-order valence-electron chi connectivity index (χ1n) is 11.1. The highest BCUT2D eigenvalue weighted by molar-refractivity contribution is 6.40. The van der Waals surface area contributed by atoms with Crippen LogP contribution in [-0.2, 0) is 16.0 Å². The van der Waals surface area contributed by atoms with Gasteiger partial charge >= 0.3 is 11.8 Å². The van der Waals surface area contributed by atoms with E-state index in [9.17, 15) is 14.4 Å². The van der Waals surface area contributed by atoms with Crippen molar-refractivity contribution in [2.45, 2.75) is 44.9 Å². The fourth-order valence-electron chi connectivity index (χ4n) is 3.98. The van der Waals surface area contributed by atoms with Crippen LogP contribution in [0, 0.1) is 5.92 Å². The maximum Gasteiger partial charge on any atom is 0.313 e. The largest absolute Gasteiger partial charge is 0.352 e. The lowest BCUT2D eigenvalue weighted by Gasteiger charge is -2.21. The Hall–Kier alpha value is -3.15. The molecule has 6 nitrogen and oxygen atoms in total. The lowest BCUT2D eigenvalue weighted by atomic mass is 9.87. The molecule has 3 rings (SSSR count). The molecule has 0 unspecified atom stereocenters. The molecule has 1 saturated carbocycles. The minimum absolute atomic E-state index is 0.287. The SMILES string of the molecule is O=C(NCCC1CCCCC1)C(=O)Nc1ccccc1C(=O)NCCc1ccccc1. The van der Waals surface area contributed by atoms with Gasteiger partial charge in [-0.1, -0.05) is 74.6 Å². The predicted molar refractivity (Wildman–Crippen MR) is 122 cm³/mol. The molecule has 2 aromatic carbocycles. The Balaban J connectivity index is 1.47. The van der Waals surface area contributed by atoms with Crippen LogP contribution >= 0.6 is 0 Å². The van der Waals surface area contributed by atoms with Crippen molar-refractivity contribution in [3.05, 3.63) is 65.7 Å². The third kappa shape index (κ3) is 7.24. The Kier molecular flexibility index (Phi) is 8.64. The van der Waals surface area contributed by atoms with Crippen LogP contribution in [0.25, 0.3) is 0 Å². The monoisotopic (exact) mass is 421 g/mol. The molecule has 0 heterocycles. The van der Waals surface area contributed by atoms with Crippen LogP contribution in [0.2, 0.25) is 0 Å². The van der Waals surface area contributed by atoms with Crippen LogP contribution in [0.15, 0.2) is 54.6 Å². The average molecular weight is 422 g/mol. The number of hydrogen-bond acceptors (Lipinski definition) is 3. The summed E-state index contributed by atoms with van der Waals surface area (Å²) in [6, 6.07) is 16.6. The van der Waals surface area contributed by atoms with Gasteiger partial charge in [-0.25, -0.2) is 0 Å². The summed E-state index contributed by atoms with van der Waals surface area (Å²) in [5.74, 6) is -1.08. The summed E-state index contributed by atoms with van der Waals surface area (Å²) in [5.41, 5.74) is 1.79. The molecule has 2 aromatic rings. The number of carbonyl (C=O) groups excluding carboxylic acids is 3. The molecule has 1 fully saturated rings. The van der Waals surface area contributed by atoms with Gasteiger partial charge in [0.05, 0.1) is 11.3 Å². The smallest absolute Gasteiger partial charge is 0.313 e. The molecule has 1 aliphatic rings. The Morgan fingerprint density at radius 1 is 0.774 bits per heavy atom. The molecule has 0 radical (unpaired) electrons. The van der Waals surface area contributed by atoms with Gasteiger partial charge < -0.3 is 16.0 Å². The molecule has 31 heavy (non-hydrogen) atoms. The maximum atomic E-state index is 12.6. The molecule has 0 atom stereocenters. The number of amides is 3. The van der Waals surface area contributed by atoms with Crippen molar-refractivity contribution in [1.29, 1.82) is 0 Å². The van der Waals surface area contributed by atoms with Crippen LogP contribution in [0.5, 0.6) is 0 Å². The van der Waals surface area contributed by atoms with E-state index in [0.29, 0.717) is 36.7 Å². The highest BCUT2D eigenvalue weighted by Gasteiger charge is 2.19. The lowest BCUT2D eigenvalue weighted by molar-refractivity contribution is -0.136. The molecule has 0 aromatic heterocycles. The summed E-state index contributed by atoms with van der Waals surface area (Å²) >= 11 is 0. The summed E-state index contributed by atoms with van der Waals surface area (Å²) < 4.78 is 0. The number of rotatable bonds is 8. The van der Waals surface area contributed by atoms with Crippen molar-refractivity contribution in [3.8, 4) is 0 Å². The van der Waals surface area contributed by atoms with Crippen molar-refractivity contribution < 1.29 is 14.4 Å². The molecular formula is C25H31N3O3. The Morgan fingerprint density at radius 2 is 1.48 bits per heavy atom. The van der Waals surface area contributed by atoms with Crippen molar-refractivity contribution in [3.63, 3.8) is 0 Å². The highest BCUT2D eigenvalue weighted by Crippen LogP contribution is 2.25. The van der Waals surface area contributed by atoms with Gasteiger partial charge in [0.1, 0.15) is 0 Å². The third-order valence-corrected chi connectivity index (χ3v) is 5.73. The molecule has 0 aliphatic heterocycles. The number of para-hydroxylation sites is 1. The molecule has 3 N–H and O–H groups in total. The molecule has 0 bridgehead atoms. The van der Waals surface area contributed by atoms with E-state index in [0.717, 1.165) is 12.0 Å². The number of benzene rings is 2. The van der Waals surface area contributed by atoms with E-state index >= 15 is 0 Å². The van der Waals surface area contributed by atoms with E-state index in [1.54, 1.807) is 24.3 Å². The van der Waals surface area contributed by atoms with Crippen LogP contribution in [-0.4, -0.2) is 30.8 Å². The van der Waals surface area contributed by atoms with Crippen molar-refractivity contribution in [2.24, 2.45) is 5.92 Å². The van der Waals surface area contributed by atoms with E-state index in [2.05, 4.69) is 16.0 Å². The second-order valence-electron chi connectivity index (χ2n) is 8.04. The molecular weight excluding hydrogens is 390 g/mol. The average Bonchev–Trinajstić information content (AvgIpc) is 2.80. The predicted octanol–water partition coefficient (Wildman–Crippen LogP) is 3.68. The van der Waals surface area contributed by atoms with E-state index in [1.165, 1.54) is 32.1 Å². The standard InChI is InChI=1S/C25H31N3O3/c29-23(26-17-15-19-9-3-1-4-10-19)21-13-7-8-14-22(21)28-25(31)24(30)27-18-16-20-11-5-2-6-12-20/h1,3-4,7-10,13-14,20H,2,5-6,11-12,15-18H2,(H,26,29)(H,27,30)(H,28,31). The normalized spacial score (nSPS) is 13.9. The zero-order chi connectivity index (χ0) is 21.9. The lowest BCUT2D eigenvalue weighted by Crippen LogP contribution is -2.37. The fraction of sp³-hybridized carbons (Fsp3) is 0.400.